The summed E-state index contributed by atoms with van der Waals surface area (Å²) in [4.78, 5) is 12.8. The Hall–Kier alpha value is -2.13. The van der Waals surface area contributed by atoms with Gasteiger partial charge in [-0.1, -0.05) is 15.9 Å². The van der Waals surface area contributed by atoms with Crippen molar-refractivity contribution < 1.29 is 17.6 Å². The number of hydrogen-bond acceptors (Lipinski definition) is 5. The van der Waals surface area contributed by atoms with Gasteiger partial charge in [-0.2, -0.15) is 5.10 Å². The summed E-state index contributed by atoms with van der Waals surface area (Å²) in [6, 6.07) is 7.03. The normalized spacial score (nSPS) is 18.9. The number of halogens is 1. The number of nitrogens with one attached hydrogen (secondary N) is 1. The van der Waals surface area contributed by atoms with Gasteiger partial charge in [0.2, 0.25) is 0 Å². The molecule has 3 heterocycles. The van der Waals surface area contributed by atoms with Crippen LogP contribution in [0.2, 0.25) is 0 Å². The third kappa shape index (κ3) is 3.41. The number of anilines is 1. The predicted molar refractivity (Wildman–Crippen MR) is 106 cm³/mol. The molecule has 1 fully saturated rings. The van der Waals surface area contributed by atoms with Crippen molar-refractivity contribution in [1.82, 2.24) is 9.78 Å². The number of amides is 1. The molecule has 0 saturated carbocycles. The van der Waals surface area contributed by atoms with E-state index in [2.05, 4.69) is 26.3 Å². The highest BCUT2D eigenvalue weighted by molar-refractivity contribution is 9.10. The van der Waals surface area contributed by atoms with Crippen LogP contribution in [0.3, 0.4) is 0 Å². The topological polar surface area (TPSA) is 94.2 Å². The summed E-state index contributed by atoms with van der Waals surface area (Å²) in [7, 11) is -3.06. The lowest BCUT2D eigenvalue weighted by Crippen LogP contribution is -2.19. The summed E-state index contributed by atoms with van der Waals surface area (Å²) in [6.07, 6.45) is 0.490. The number of furan rings is 1. The highest BCUT2D eigenvalue weighted by atomic mass is 79.9. The van der Waals surface area contributed by atoms with Crippen LogP contribution in [-0.2, 0) is 9.84 Å². The lowest BCUT2D eigenvalue weighted by molar-refractivity contribution is 0.0996. The van der Waals surface area contributed by atoms with Gasteiger partial charge in [-0.25, -0.2) is 13.1 Å². The van der Waals surface area contributed by atoms with Crippen molar-refractivity contribution in [1.29, 1.82) is 0 Å². The van der Waals surface area contributed by atoms with E-state index in [0.29, 0.717) is 23.5 Å². The van der Waals surface area contributed by atoms with Crippen LogP contribution in [0.5, 0.6) is 0 Å². The second kappa shape index (κ2) is 6.49. The van der Waals surface area contributed by atoms with Crippen molar-refractivity contribution in [3.05, 3.63) is 45.8 Å². The molecule has 1 aromatic carbocycles. The molecule has 1 atom stereocenters. The largest absolute Gasteiger partial charge is 0.451 e. The average molecular weight is 452 g/mol. The summed E-state index contributed by atoms with van der Waals surface area (Å²) >= 11 is 3.42. The molecule has 0 aliphatic carbocycles. The number of aromatic nitrogens is 2. The predicted octanol–water partition coefficient (Wildman–Crippen LogP) is 3.62. The summed E-state index contributed by atoms with van der Waals surface area (Å²) in [5, 5.41) is 8.07. The molecule has 9 heteroatoms. The number of fused-ring (bicyclic) bond motifs is 1. The van der Waals surface area contributed by atoms with Crippen molar-refractivity contribution in [2.24, 2.45) is 0 Å². The lowest BCUT2D eigenvalue weighted by Gasteiger charge is -2.13. The minimum Gasteiger partial charge on any atom is -0.451 e. The SMILES string of the molecule is Cc1cc(NC(=O)c2oc3ccc(Br)cc3c2C)n(C2CCS(=O)(=O)C2)n1. The van der Waals surface area contributed by atoms with Gasteiger partial charge in [-0.3, -0.25) is 4.79 Å². The maximum atomic E-state index is 12.8. The lowest BCUT2D eigenvalue weighted by atomic mass is 10.1. The zero-order valence-electron chi connectivity index (χ0n) is 14.8. The standard InChI is InChI=1S/C18H18BrN3O4S/c1-10-7-16(22(21-10)13-5-6-27(24,25)9-13)20-18(23)17-11(2)14-8-12(19)3-4-15(14)26-17/h3-4,7-8,13H,5-6,9H2,1-2H3,(H,20,23). The van der Waals surface area contributed by atoms with E-state index in [-0.39, 0.29) is 29.2 Å². The second-order valence-corrected chi connectivity index (χ2v) is 9.97. The Morgan fingerprint density at radius 2 is 2.11 bits per heavy atom. The number of rotatable bonds is 3. The molecule has 1 N–H and O–H groups in total. The molecule has 0 spiro atoms. The number of carbonyl (C=O) groups is 1. The van der Waals surface area contributed by atoms with Gasteiger partial charge in [0.15, 0.2) is 15.6 Å². The first-order chi connectivity index (χ1) is 12.7. The minimum absolute atomic E-state index is 0.0364. The maximum Gasteiger partial charge on any atom is 0.292 e. The Balaban J connectivity index is 1.65. The molecular formula is C18H18BrN3O4S. The van der Waals surface area contributed by atoms with E-state index in [0.717, 1.165) is 15.4 Å². The Kier molecular flexibility index (Phi) is 4.38. The summed E-state index contributed by atoms with van der Waals surface area (Å²) in [5.41, 5.74) is 2.09. The van der Waals surface area contributed by atoms with Crippen LogP contribution in [0, 0.1) is 13.8 Å². The van der Waals surface area contributed by atoms with Crippen molar-refractivity contribution in [3.63, 3.8) is 0 Å². The van der Waals surface area contributed by atoms with E-state index < -0.39 is 9.84 Å². The Morgan fingerprint density at radius 1 is 1.33 bits per heavy atom. The highest BCUT2D eigenvalue weighted by Crippen LogP contribution is 2.30. The number of hydrogen-bond donors (Lipinski definition) is 1. The zero-order valence-corrected chi connectivity index (χ0v) is 17.2. The molecule has 0 bridgehead atoms. The number of benzene rings is 1. The molecule has 7 nitrogen and oxygen atoms in total. The van der Waals surface area contributed by atoms with Crippen LogP contribution in [0.25, 0.3) is 11.0 Å². The first kappa shape index (κ1) is 18.2. The van der Waals surface area contributed by atoms with Gasteiger partial charge in [-0.15, -0.1) is 0 Å². The highest BCUT2D eigenvalue weighted by Gasteiger charge is 2.31. The zero-order chi connectivity index (χ0) is 19.3. The Morgan fingerprint density at radius 3 is 2.81 bits per heavy atom. The van der Waals surface area contributed by atoms with Crippen molar-refractivity contribution in [2.45, 2.75) is 26.3 Å². The van der Waals surface area contributed by atoms with E-state index in [1.807, 2.05) is 19.1 Å². The fourth-order valence-corrected chi connectivity index (χ4v) is 5.49. The fraction of sp³-hybridized carbons (Fsp3) is 0.333. The average Bonchev–Trinajstić information content (AvgIpc) is 3.23. The number of aryl methyl sites for hydroxylation is 2. The molecule has 1 saturated heterocycles. The molecule has 142 valence electrons. The van der Waals surface area contributed by atoms with E-state index in [4.69, 9.17) is 4.42 Å². The summed E-state index contributed by atoms with van der Waals surface area (Å²) in [5.74, 6) is 0.492. The monoisotopic (exact) mass is 451 g/mol. The molecule has 1 unspecified atom stereocenters. The van der Waals surface area contributed by atoms with Crippen LogP contribution in [0.1, 0.15) is 34.3 Å². The van der Waals surface area contributed by atoms with Gasteiger partial charge in [0.05, 0.1) is 23.2 Å². The number of nitrogens with zero attached hydrogens (tertiary/aromatic N) is 2. The van der Waals surface area contributed by atoms with Gasteiger partial charge in [-0.05, 0) is 38.5 Å². The maximum absolute atomic E-state index is 12.8. The molecule has 3 aromatic rings. The number of carbonyl (C=O) groups excluding carboxylic acids is 1. The van der Waals surface area contributed by atoms with Crippen LogP contribution in [-0.4, -0.2) is 35.6 Å². The van der Waals surface area contributed by atoms with Gasteiger partial charge in [0.1, 0.15) is 11.4 Å². The van der Waals surface area contributed by atoms with Crippen LogP contribution < -0.4 is 5.32 Å². The third-order valence-corrected chi connectivity index (χ3v) is 7.00. The quantitative estimate of drug-likeness (QED) is 0.655. The Labute approximate surface area is 164 Å². The minimum atomic E-state index is -3.06. The van der Waals surface area contributed by atoms with Crippen LogP contribution >= 0.6 is 15.9 Å². The first-order valence-corrected chi connectivity index (χ1v) is 11.1. The fourth-order valence-electron chi connectivity index (χ4n) is 3.44. The molecule has 1 aliphatic heterocycles. The van der Waals surface area contributed by atoms with Gasteiger partial charge >= 0.3 is 0 Å². The smallest absolute Gasteiger partial charge is 0.292 e. The molecular weight excluding hydrogens is 434 g/mol. The molecule has 27 heavy (non-hydrogen) atoms. The van der Waals surface area contributed by atoms with E-state index >= 15 is 0 Å². The van der Waals surface area contributed by atoms with E-state index in [9.17, 15) is 13.2 Å². The molecule has 1 aliphatic rings. The summed E-state index contributed by atoms with van der Waals surface area (Å²) < 4.78 is 31.8. The van der Waals surface area contributed by atoms with Crippen LogP contribution in [0.4, 0.5) is 5.82 Å². The molecule has 4 rings (SSSR count). The number of sulfone groups is 1. The van der Waals surface area contributed by atoms with Crippen LogP contribution in [0.15, 0.2) is 33.2 Å². The third-order valence-electron chi connectivity index (χ3n) is 4.76. The van der Waals surface area contributed by atoms with Crippen molar-refractivity contribution >= 4 is 48.5 Å². The first-order valence-electron chi connectivity index (χ1n) is 8.50. The van der Waals surface area contributed by atoms with Crippen molar-refractivity contribution in [2.75, 3.05) is 16.8 Å². The summed E-state index contributed by atoms with van der Waals surface area (Å²) in [6.45, 7) is 3.64. The second-order valence-electron chi connectivity index (χ2n) is 6.82. The van der Waals surface area contributed by atoms with E-state index in [1.54, 1.807) is 23.7 Å². The van der Waals surface area contributed by atoms with Gasteiger partial charge in [0.25, 0.3) is 5.91 Å². The molecule has 2 aromatic heterocycles. The van der Waals surface area contributed by atoms with Crippen molar-refractivity contribution in [3.8, 4) is 0 Å². The molecule has 1 amide bonds. The van der Waals surface area contributed by atoms with Gasteiger partial charge in [0, 0.05) is 21.5 Å². The van der Waals surface area contributed by atoms with E-state index in [1.165, 1.54) is 0 Å². The Bertz CT molecular complexity index is 1160. The van der Waals surface area contributed by atoms with Gasteiger partial charge < -0.3 is 9.73 Å². The molecule has 0 radical (unpaired) electrons.